The summed E-state index contributed by atoms with van der Waals surface area (Å²) >= 11 is 0. The van der Waals surface area contributed by atoms with Crippen LogP contribution in [0.4, 0.5) is 10.5 Å². The van der Waals surface area contributed by atoms with E-state index >= 15 is 0 Å². The van der Waals surface area contributed by atoms with E-state index in [0.29, 0.717) is 13.0 Å². The summed E-state index contributed by atoms with van der Waals surface area (Å²) in [6, 6.07) is 6.45. The standard InChI is InChI=1S/C20H29N3O2/c1-13-8-9-18(10-14(13)2)22-12-17(11-19(22)24)21-20(25)23-15(3)6-5-7-16(23)4/h8-10,15-17H,5-7,11-12H2,1-4H3,(H,21,25)/t15-,16+,17-/m1/s1. The Morgan fingerprint density at radius 1 is 1.12 bits per heavy atom. The average molecular weight is 343 g/mol. The van der Waals surface area contributed by atoms with E-state index in [4.69, 9.17) is 0 Å². The highest BCUT2D eigenvalue weighted by atomic mass is 16.2. The van der Waals surface area contributed by atoms with Gasteiger partial charge in [0.1, 0.15) is 0 Å². The lowest BCUT2D eigenvalue weighted by atomic mass is 9.98. The van der Waals surface area contributed by atoms with Crippen LogP contribution in [0.15, 0.2) is 18.2 Å². The first-order chi connectivity index (χ1) is 11.9. The Morgan fingerprint density at radius 3 is 2.44 bits per heavy atom. The maximum Gasteiger partial charge on any atom is 0.318 e. The maximum atomic E-state index is 12.7. The molecule has 1 aromatic carbocycles. The maximum absolute atomic E-state index is 12.7. The number of anilines is 1. The van der Waals surface area contributed by atoms with Crippen LogP contribution in [-0.2, 0) is 4.79 Å². The topological polar surface area (TPSA) is 52.7 Å². The van der Waals surface area contributed by atoms with Gasteiger partial charge in [-0.25, -0.2) is 4.79 Å². The molecular weight excluding hydrogens is 314 g/mol. The van der Waals surface area contributed by atoms with Crippen LogP contribution in [0, 0.1) is 13.8 Å². The summed E-state index contributed by atoms with van der Waals surface area (Å²) in [7, 11) is 0. The van der Waals surface area contributed by atoms with E-state index in [9.17, 15) is 9.59 Å². The number of likely N-dealkylation sites (tertiary alicyclic amines) is 1. The van der Waals surface area contributed by atoms with E-state index in [0.717, 1.165) is 18.5 Å². The smallest absolute Gasteiger partial charge is 0.318 e. The van der Waals surface area contributed by atoms with Gasteiger partial charge in [0.2, 0.25) is 5.91 Å². The van der Waals surface area contributed by atoms with Gasteiger partial charge in [0.15, 0.2) is 0 Å². The minimum atomic E-state index is -0.122. The van der Waals surface area contributed by atoms with Crippen molar-refractivity contribution in [2.24, 2.45) is 0 Å². The molecule has 2 saturated heterocycles. The first-order valence-electron chi connectivity index (χ1n) is 9.33. The Labute approximate surface area is 150 Å². The van der Waals surface area contributed by atoms with E-state index in [-0.39, 0.29) is 30.1 Å². The third-order valence-electron chi connectivity index (χ3n) is 5.68. The number of piperidine rings is 1. The molecule has 0 aliphatic carbocycles. The Morgan fingerprint density at radius 2 is 1.80 bits per heavy atom. The van der Waals surface area contributed by atoms with Crippen LogP contribution in [0.25, 0.3) is 0 Å². The molecule has 0 radical (unpaired) electrons. The summed E-state index contributed by atoms with van der Waals surface area (Å²) in [5.41, 5.74) is 3.31. The van der Waals surface area contributed by atoms with Crippen molar-refractivity contribution in [2.75, 3.05) is 11.4 Å². The average Bonchev–Trinajstić information content (AvgIpc) is 2.90. The zero-order valence-electron chi connectivity index (χ0n) is 15.7. The number of benzene rings is 1. The molecule has 25 heavy (non-hydrogen) atoms. The van der Waals surface area contributed by atoms with E-state index in [1.54, 1.807) is 4.90 Å². The van der Waals surface area contributed by atoms with Crippen molar-refractivity contribution in [3.8, 4) is 0 Å². The van der Waals surface area contributed by atoms with Gasteiger partial charge in [0.25, 0.3) is 0 Å². The minimum Gasteiger partial charge on any atom is -0.333 e. The first-order valence-corrected chi connectivity index (χ1v) is 9.33. The molecule has 0 saturated carbocycles. The highest BCUT2D eigenvalue weighted by Gasteiger charge is 2.35. The summed E-state index contributed by atoms with van der Waals surface area (Å²) in [5.74, 6) is 0.0771. The summed E-state index contributed by atoms with van der Waals surface area (Å²) in [6.07, 6.45) is 3.65. The molecule has 5 nitrogen and oxygen atoms in total. The summed E-state index contributed by atoms with van der Waals surface area (Å²) in [5, 5.41) is 3.09. The quantitative estimate of drug-likeness (QED) is 0.895. The molecule has 0 spiro atoms. The number of aryl methyl sites for hydroxylation is 2. The molecule has 1 aromatic rings. The number of hydrogen-bond donors (Lipinski definition) is 1. The second-order valence-electron chi connectivity index (χ2n) is 7.66. The van der Waals surface area contributed by atoms with Crippen LogP contribution in [0.3, 0.4) is 0 Å². The van der Waals surface area contributed by atoms with Gasteiger partial charge < -0.3 is 15.1 Å². The van der Waals surface area contributed by atoms with Gasteiger partial charge in [-0.15, -0.1) is 0 Å². The fraction of sp³-hybridized carbons (Fsp3) is 0.600. The van der Waals surface area contributed by atoms with Crippen LogP contribution >= 0.6 is 0 Å². The van der Waals surface area contributed by atoms with Gasteiger partial charge in [-0.3, -0.25) is 4.79 Å². The highest BCUT2D eigenvalue weighted by Crippen LogP contribution is 2.26. The number of urea groups is 1. The van der Waals surface area contributed by atoms with Crippen LogP contribution < -0.4 is 10.2 Å². The highest BCUT2D eigenvalue weighted by molar-refractivity contribution is 5.97. The fourth-order valence-corrected chi connectivity index (χ4v) is 4.02. The van der Waals surface area contributed by atoms with E-state index in [1.807, 2.05) is 23.1 Å². The van der Waals surface area contributed by atoms with Gasteiger partial charge in [-0.1, -0.05) is 6.07 Å². The predicted molar refractivity (Wildman–Crippen MR) is 99.8 cm³/mol. The molecular formula is C20H29N3O2. The normalized spacial score (nSPS) is 26.9. The van der Waals surface area contributed by atoms with E-state index in [1.165, 1.54) is 17.5 Å². The molecule has 5 heteroatoms. The van der Waals surface area contributed by atoms with E-state index < -0.39 is 0 Å². The summed E-state index contributed by atoms with van der Waals surface area (Å²) < 4.78 is 0. The summed E-state index contributed by atoms with van der Waals surface area (Å²) in [6.45, 7) is 8.88. The van der Waals surface area contributed by atoms with Crippen molar-refractivity contribution in [3.63, 3.8) is 0 Å². The molecule has 0 aromatic heterocycles. The van der Waals surface area contributed by atoms with Gasteiger partial charge in [0.05, 0.1) is 6.04 Å². The van der Waals surface area contributed by atoms with Crippen molar-refractivity contribution < 1.29 is 9.59 Å². The minimum absolute atomic E-state index is 0.0283. The Balaban J connectivity index is 1.66. The van der Waals surface area contributed by atoms with Crippen LogP contribution in [0.2, 0.25) is 0 Å². The predicted octanol–water partition coefficient (Wildman–Crippen LogP) is 3.38. The van der Waals surface area contributed by atoms with Gasteiger partial charge in [-0.2, -0.15) is 0 Å². The number of hydrogen-bond acceptors (Lipinski definition) is 2. The van der Waals surface area contributed by atoms with Crippen molar-refractivity contribution in [2.45, 2.75) is 71.5 Å². The first kappa shape index (κ1) is 17.8. The summed E-state index contributed by atoms with van der Waals surface area (Å²) in [4.78, 5) is 28.9. The van der Waals surface area contributed by atoms with Crippen LogP contribution in [-0.4, -0.2) is 41.5 Å². The largest absolute Gasteiger partial charge is 0.333 e. The lowest BCUT2D eigenvalue weighted by molar-refractivity contribution is -0.117. The molecule has 1 N–H and O–H groups in total. The van der Waals surface area contributed by atoms with Gasteiger partial charge in [0, 0.05) is 30.7 Å². The van der Waals surface area contributed by atoms with E-state index in [2.05, 4.69) is 33.0 Å². The van der Waals surface area contributed by atoms with Crippen LogP contribution in [0.1, 0.15) is 50.7 Å². The van der Waals surface area contributed by atoms with Crippen LogP contribution in [0.5, 0.6) is 0 Å². The third kappa shape index (κ3) is 3.65. The Hall–Kier alpha value is -2.04. The molecule has 136 valence electrons. The fourth-order valence-electron chi connectivity index (χ4n) is 4.02. The zero-order chi connectivity index (χ0) is 18.1. The molecule has 3 atom stereocenters. The number of carbonyl (C=O) groups excluding carboxylic acids is 2. The Kier molecular flexibility index (Phi) is 5.02. The lowest BCUT2D eigenvalue weighted by Gasteiger charge is -2.39. The van der Waals surface area contributed by atoms with Crippen molar-refractivity contribution in [1.29, 1.82) is 0 Å². The van der Waals surface area contributed by atoms with Gasteiger partial charge >= 0.3 is 6.03 Å². The van der Waals surface area contributed by atoms with Crippen molar-refractivity contribution in [1.82, 2.24) is 10.2 Å². The number of carbonyl (C=O) groups is 2. The second-order valence-corrected chi connectivity index (χ2v) is 7.66. The Bertz CT molecular complexity index is 663. The molecule has 2 fully saturated rings. The zero-order valence-corrected chi connectivity index (χ0v) is 15.7. The molecule has 2 aliphatic heterocycles. The van der Waals surface area contributed by atoms with Crippen molar-refractivity contribution >= 4 is 17.6 Å². The molecule has 0 bridgehead atoms. The number of nitrogens with one attached hydrogen (secondary N) is 1. The number of rotatable bonds is 2. The molecule has 2 aliphatic rings. The van der Waals surface area contributed by atoms with Gasteiger partial charge in [-0.05, 0) is 70.2 Å². The molecule has 0 unspecified atom stereocenters. The third-order valence-corrected chi connectivity index (χ3v) is 5.68. The van der Waals surface area contributed by atoms with Crippen molar-refractivity contribution in [3.05, 3.63) is 29.3 Å². The lowest BCUT2D eigenvalue weighted by Crippen LogP contribution is -2.54. The molecule has 3 amide bonds. The molecule has 2 heterocycles. The second kappa shape index (κ2) is 7.06. The number of amides is 3. The molecule has 3 rings (SSSR count). The monoisotopic (exact) mass is 343 g/mol. The SMILES string of the molecule is Cc1ccc(N2C[C@H](NC(=O)N3[C@H](C)CCC[C@@H]3C)CC2=O)cc1C. The number of nitrogens with zero attached hydrogens (tertiary/aromatic N) is 2.